The summed E-state index contributed by atoms with van der Waals surface area (Å²) in [6, 6.07) is 12.9. The predicted octanol–water partition coefficient (Wildman–Crippen LogP) is 4.30. The number of allylic oxidation sites excluding steroid dienone is 1. The maximum Gasteiger partial charge on any atom is 0.280 e. The number of nitrogens with two attached hydrogens (primary N) is 1. The molecule has 0 fully saturated rings. The molecule has 1 aromatic heterocycles. The summed E-state index contributed by atoms with van der Waals surface area (Å²) in [5.41, 5.74) is 2.53. The van der Waals surface area contributed by atoms with Crippen LogP contribution in [-0.2, 0) is 16.6 Å². The minimum Gasteiger partial charge on any atom is -0.259 e. The fourth-order valence-corrected chi connectivity index (χ4v) is 3.48. The molecule has 0 bridgehead atoms. The van der Waals surface area contributed by atoms with Gasteiger partial charge in [0.2, 0.25) is 10.0 Å². The number of aryl methyl sites for hydroxylation is 1. The molecular weight excluding hydrogens is 384 g/mol. The maximum absolute atomic E-state index is 13.9. The molecule has 0 radical (unpaired) electrons. The van der Waals surface area contributed by atoms with Gasteiger partial charge in [0.05, 0.1) is 11.4 Å². The van der Waals surface area contributed by atoms with Gasteiger partial charge in [-0.2, -0.15) is 5.10 Å². The molecule has 0 spiro atoms. The molecule has 0 saturated heterocycles. The van der Waals surface area contributed by atoms with Crippen molar-refractivity contribution < 1.29 is 17.2 Å². The predicted molar refractivity (Wildman–Crippen MR) is 104 cm³/mol. The van der Waals surface area contributed by atoms with Crippen LogP contribution in [0.25, 0.3) is 22.4 Å². The molecule has 5 nitrogen and oxygen atoms in total. The molecule has 28 heavy (non-hydrogen) atoms. The van der Waals surface area contributed by atoms with E-state index in [9.17, 15) is 17.2 Å². The van der Waals surface area contributed by atoms with Gasteiger partial charge in [0.15, 0.2) is 0 Å². The van der Waals surface area contributed by atoms with Crippen LogP contribution in [0, 0.1) is 6.92 Å². The van der Waals surface area contributed by atoms with Crippen LogP contribution in [0.15, 0.2) is 66.1 Å². The number of hydrogen-bond acceptors (Lipinski definition) is 3. The summed E-state index contributed by atoms with van der Waals surface area (Å²) in [6.45, 7) is 5.63. The normalized spacial score (nSPS) is 11.8. The molecule has 0 aliphatic heterocycles. The molecule has 0 saturated carbocycles. The van der Waals surface area contributed by atoms with Crippen LogP contribution >= 0.6 is 0 Å². The molecule has 0 aliphatic carbocycles. The Morgan fingerprint density at radius 1 is 1.11 bits per heavy atom. The molecule has 3 rings (SSSR count). The number of benzene rings is 2. The average Bonchev–Trinajstić information content (AvgIpc) is 3.01. The maximum atomic E-state index is 13.9. The Bertz CT molecular complexity index is 1100. The van der Waals surface area contributed by atoms with E-state index in [0.717, 1.165) is 5.56 Å². The monoisotopic (exact) mass is 403 g/mol. The van der Waals surface area contributed by atoms with Crippen LogP contribution in [0.5, 0.6) is 0 Å². The first-order valence-corrected chi connectivity index (χ1v) is 9.97. The van der Waals surface area contributed by atoms with E-state index in [4.69, 9.17) is 5.14 Å². The Balaban J connectivity index is 2.26. The number of nitrogens with zero attached hydrogens (tertiary/aromatic N) is 2. The Morgan fingerprint density at radius 2 is 1.68 bits per heavy atom. The number of sulfonamides is 1. The third-order valence-corrected chi connectivity index (χ3v) is 5.23. The largest absolute Gasteiger partial charge is 0.280 e. The molecule has 0 aliphatic rings. The van der Waals surface area contributed by atoms with Crippen molar-refractivity contribution in [1.82, 2.24) is 9.78 Å². The number of rotatable bonds is 6. The zero-order chi connectivity index (χ0) is 20.5. The van der Waals surface area contributed by atoms with Gasteiger partial charge < -0.3 is 0 Å². The summed E-state index contributed by atoms with van der Waals surface area (Å²) in [6.07, 6.45) is -1.26. The van der Waals surface area contributed by atoms with Gasteiger partial charge in [-0.3, -0.25) is 4.68 Å². The molecular formula is C20H19F2N3O2S. The van der Waals surface area contributed by atoms with E-state index in [1.54, 1.807) is 12.1 Å². The summed E-state index contributed by atoms with van der Waals surface area (Å²) >= 11 is 0. The zero-order valence-electron chi connectivity index (χ0n) is 15.1. The third-order valence-electron chi connectivity index (χ3n) is 4.30. The highest BCUT2D eigenvalue weighted by atomic mass is 32.2. The Morgan fingerprint density at radius 3 is 2.18 bits per heavy atom. The van der Waals surface area contributed by atoms with Crippen molar-refractivity contribution in [1.29, 1.82) is 0 Å². The van der Waals surface area contributed by atoms with Gasteiger partial charge in [-0.05, 0) is 24.6 Å². The topological polar surface area (TPSA) is 78.0 Å². The molecule has 2 N–H and O–H groups in total. The van der Waals surface area contributed by atoms with E-state index < -0.39 is 16.4 Å². The fourth-order valence-electron chi connectivity index (χ4n) is 2.97. The van der Waals surface area contributed by atoms with Gasteiger partial charge in [-0.1, -0.05) is 48.0 Å². The standard InChI is InChI=1S/C20H19F2N3O2S/c1-3-12-25-19(20(21)22)17(14-6-4-13(2)5-7-14)18(24-25)15-8-10-16(11-9-15)28(23,26)27/h3-11,20H,1,12H2,2H3,(H2,23,26,27). The van der Waals surface area contributed by atoms with Crippen LogP contribution in [0.4, 0.5) is 8.78 Å². The van der Waals surface area contributed by atoms with Crippen LogP contribution < -0.4 is 5.14 Å². The molecule has 0 atom stereocenters. The number of hydrogen-bond donors (Lipinski definition) is 1. The lowest BCUT2D eigenvalue weighted by Crippen LogP contribution is -2.11. The lowest BCUT2D eigenvalue weighted by Gasteiger charge is -2.09. The number of halogens is 2. The van der Waals surface area contributed by atoms with Crippen molar-refractivity contribution in [3.8, 4) is 22.4 Å². The number of primary sulfonamides is 1. The first-order chi connectivity index (χ1) is 13.2. The second-order valence-electron chi connectivity index (χ2n) is 6.32. The van der Waals surface area contributed by atoms with Crippen LogP contribution in [0.1, 0.15) is 17.7 Å². The van der Waals surface area contributed by atoms with Crippen LogP contribution in [0.3, 0.4) is 0 Å². The average molecular weight is 403 g/mol. The van der Waals surface area contributed by atoms with Crippen molar-refractivity contribution >= 4 is 10.0 Å². The van der Waals surface area contributed by atoms with Crippen molar-refractivity contribution in [3.05, 3.63) is 72.4 Å². The Labute approximate surface area is 162 Å². The Hall–Kier alpha value is -2.84. The van der Waals surface area contributed by atoms with Crippen molar-refractivity contribution in [3.63, 3.8) is 0 Å². The zero-order valence-corrected chi connectivity index (χ0v) is 16.0. The summed E-state index contributed by atoms with van der Waals surface area (Å²) in [5, 5.41) is 9.50. The lowest BCUT2D eigenvalue weighted by molar-refractivity contribution is 0.140. The first kappa shape index (κ1) is 19.9. The van der Waals surface area contributed by atoms with E-state index in [1.165, 1.54) is 35.0 Å². The van der Waals surface area contributed by atoms with Crippen molar-refractivity contribution in [2.24, 2.45) is 5.14 Å². The van der Waals surface area contributed by atoms with Gasteiger partial charge in [0.1, 0.15) is 11.4 Å². The van der Waals surface area contributed by atoms with Gasteiger partial charge in [0, 0.05) is 11.1 Å². The van der Waals surface area contributed by atoms with E-state index in [1.807, 2.05) is 19.1 Å². The number of alkyl halides is 2. The summed E-state index contributed by atoms with van der Waals surface area (Å²) < 4.78 is 52.1. The molecule has 0 unspecified atom stereocenters. The van der Waals surface area contributed by atoms with Gasteiger partial charge >= 0.3 is 0 Å². The number of aromatic nitrogens is 2. The minimum absolute atomic E-state index is 0.0623. The van der Waals surface area contributed by atoms with Crippen molar-refractivity contribution in [2.45, 2.75) is 24.8 Å². The van der Waals surface area contributed by atoms with Gasteiger partial charge in [-0.25, -0.2) is 22.3 Å². The molecule has 2 aromatic carbocycles. The highest BCUT2D eigenvalue weighted by Crippen LogP contribution is 2.39. The molecule has 1 heterocycles. The van der Waals surface area contributed by atoms with E-state index in [2.05, 4.69) is 11.7 Å². The highest BCUT2D eigenvalue weighted by Gasteiger charge is 2.26. The molecule has 146 valence electrons. The minimum atomic E-state index is -3.85. The molecule has 3 aromatic rings. The Kier molecular flexibility index (Phi) is 5.44. The van der Waals surface area contributed by atoms with Crippen LogP contribution in [-0.4, -0.2) is 18.2 Å². The highest BCUT2D eigenvalue weighted by molar-refractivity contribution is 7.89. The van der Waals surface area contributed by atoms with E-state index in [0.29, 0.717) is 22.4 Å². The van der Waals surface area contributed by atoms with Crippen molar-refractivity contribution in [2.75, 3.05) is 0 Å². The van der Waals surface area contributed by atoms with Gasteiger partial charge in [-0.15, -0.1) is 6.58 Å². The van der Waals surface area contributed by atoms with Gasteiger partial charge in [0.25, 0.3) is 6.43 Å². The smallest absolute Gasteiger partial charge is 0.259 e. The second kappa shape index (κ2) is 7.65. The first-order valence-electron chi connectivity index (χ1n) is 8.42. The fraction of sp³-hybridized carbons (Fsp3) is 0.150. The molecule has 8 heteroatoms. The summed E-state index contributed by atoms with van der Waals surface area (Å²) in [4.78, 5) is -0.0623. The molecule has 0 amide bonds. The summed E-state index contributed by atoms with van der Waals surface area (Å²) in [5.74, 6) is 0. The quantitative estimate of drug-likeness (QED) is 0.624. The SMILES string of the molecule is C=CCn1nc(-c2ccc(S(N)(=O)=O)cc2)c(-c2ccc(C)cc2)c1C(F)F. The lowest BCUT2D eigenvalue weighted by atomic mass is 9.98. The third kappa shape index (κ3) is 3.88. The van der Waals surface area contributed by atoms with E-state index >= 15 is 0 Å². The van der Waals surface area contributed by atoms with Crippen LogP contribution in [0.2, 0.25) is 0 Å². The summed E-state index contributed by atoms with van der Waals surface area (Å²) in [7, 11) is -3.85. The second-order valence-corrected chi connectivity index (χ2v) is 7.88. The van der Waals surface area contributed by atoms with E-state index in [-0.39, 0.29) is 17.1 Å².